The molecule has 0 aliphatic heterocycles. The third-order valence-electron chi connectivity index (χ3n) is 3.91. The molecule has 23 heavy (non-hydrogen) atoms. The van der Waals surface area contributed by atoms with Gasteiger partial charge in [0.2, 0.25) is 5.91 Å². The number of hydrogen-bond acceptors (Lipinski definition) is 3. The Morgan fingerprint density at radius 2 is 1.83 bits per heavy atom. The molecule has 1 rings (SSSR count). The van der Waals surface area contributed by atoms with Crippen LogP contribution in [0.3, 0.4) is 0 Å². The van der Waals surface area contributed by atoms with Crippen LogP contribution in [0.5, 0.6) is 5.75 Å². The van der Waals surface area contributed by atoms with Crippen molar-refractivity contribution in [3.8, 4) is 5.75 Å². The van der Waals surface area contributed by atoms with Crippen molar-refractivity contribution in [1.29, 1.82) is 0 Å². The highest BCUT2D eigenvalue weighted by Gasteiger charge is 2.13. The predicted octanol–water partition coefficient (Wildman–Crippen LogP) is 3.25. The van der Waals surface area contributed by atoms with Crippen molar-refractivity contribution in [2.24, 2.45) is 0 Å². The standard InChI is InChI=1S/C19H32N2O2/c1-6-23-18-10-8-7-9-17(18)11-12-19(22)20-13-14-21(15(2)3)16(4)5/h7-10,15-16H,6,11-14H2,1-5H3,(H,20,22). The molecular formula is C19H32N2O2. The number of carbonyl (C=O) groups excluding carboxylic acids is 1. The Morgan fingerprint density at radius 3 is 2.43 bits per heavy atom. The van der Waals surface area contributed by atoms with Gasteiger partial charge in [0, 0.05) is 31.6 Å². The number of nitrogens with one attached hydrogen (secondary N) is 1. The van der Waals surface area contributed by atoms with Crippen LogP contribution in [0.15, 0.2) is 24.3 Å². The van der Waals surface area contributed by atoms with E-state index in [4.69, 9.17) is 4.74 Å². The second-order valence-electron chi connectivity index (χ2n) is 6.32. The first-order valence-electron chi connectivity index (χ1n) is 8.68. The lowest BCUT2D eigenvalue weighted by atomic mass is 10.1. The quantitative estimate of drug-likeness (QED) is 0.719. The summed E-state index contributed by atoms with van der Waals surface area (Å²) in [5.74, 6) is 0.984. The number of aryl methyl sites for hydroxylation is 1. The maximum absolute atomic E-state index is 12.0. The van der Waals surface area contributed by atoms with Crippen molar-refractivity contribution in [3.63, 3.8) is 0 Å². The predicted molar refractivity (Wildman–Crippen MR) is 95.9 cm³/mol. The molecule has 1 N–H and O–H groups in total. The number of ether oxygens (including phenoxy) is 1. The van der Waals surface area contributed by atoms with Crippen LogP contribution < -0.4 is 10.1 Å². The summed E-state index contributed by atoms with van der Waals surface area (Å²) >= 11 is 0. The Hall–Kier alpha value is -1.55. The number of carbonyl (C=O) groups is 1. The minimum absolute atomic E-state index is 0.101. The van der Waals surface area contributed by atoms with Gasteiger partial charge in [-0.15, -0.1) is 0 Å². The molecule has 130 valence electrons. The normalized spacial score (nSPS) is 11.3. The van der Waals surface area contributed by atoms with Crippen molar-refractivity contribution >= 4 is 5.91 Å². The smallest absolute Gasteiger partial charge is 0.220 e. The van der Waals surface area contributed by atoms with Crippen molar-refractivity contribution in [2.75, 3.05) is 19.7 Å². The minimum atomic E-state index is 0.101. The minimum Gasteiger partial charge on any atom is -0.494 e. The molecule has 0 heterocycles. The molecule has 1 amide bonds. The molecule has 4 heteroatoms. The molecule has 0 saturated heterocycles. The fourth-order valence-corrected chi connectivity index (χ4v) is 2.78. The average molecular weight is 320 g/mol. The van der Waals surface area contributed by atoms with E-state index in [2.05, 4.69) is 37.9 Å². The van der Waals surface area contributed by atoms with Crippen LogP contribution in [-0.4, -0.2) is 42.6 Å². The molecule has 0 atom stereocenters. The van der Waals surface area contributed by atoms with Gasteiger partial charge in [-0.05, 0) is 52.7 Å². The Balaban J connectivity index is 2.37. The summed E-state index contributed by atoms with van der Waals surface area (Å²) < 4.78 is 5.60. The highest BCUT2D eigenvalue weighted by atomic mass is 16.5. The van der Waals surface area contributed by atoms with Gasteiger partial charge in [0.1, 0.15) is 5.75 Å². The third kappa shape index (κ3) is 7.04. The zero-order valence-corrected chi connectivity index (χ0v) is 15.3. The number of amides is 1. The fourth-order valence-electron chi connectivity index (χ4n) is 2.78. The fraction of sp³-hybridized carbons (Fsp3) is 0.632. The Kier molecular flexibility index (Phi) is 8.70. The number of nitrogens with zero attached hydrogens (tertiary/aromatic N) is 1. The van der Waals surface area contributed by atoms with E-state index in [0.717, 1.165) is 17.9 Å². The van der Waals surface area contributed by atoms with Crippen molar-refractivity contribution < 1.29 is 9.53 Å². The molecule has 1 aromatic carbocycles. The average Bonchev–Trinajstić information content (AvgIpc) is 2.50. The maximum atomic E-state index is 12.0. The summed E-state index contributed by atoms with van der Waals surface area (Å²) in [4.78, 5) is 14.4. The first-order chi connectivity index (χ1) is 11.0. The zero-order valence-electron chi connectivity index (χ0n) is 15.3. The van der Waals surface area contributed by atoms with Crippen LogP contribution in [0.25, 0.3) is 0 Å². The summed E-state index contributed by atoms with van der Waals surface area (Å²) in [7, 11) is 0. The van der Waals surface area contributed by atoms with E-state index in [9.17, 15) is 4.79 Å². The zero-order chi connectivity index (χ0) is 17.2. The summed E-state index contributed by atoms with van der Waals surface area (Å²) in [5, 5.41) is 3.02. The van der Waals surface area contributed by atoms with Gasteiger partial charge in [-0.3, -0.25) is 9.69 Å². The summed E-state index contributed by atoms with van der Waals surface area (Å²) in [5.41, 5.74) is 1.09. The maximum Gasteiger partial charge on any atom is 0.220 e. The Morgan fingerprint density at radius 1 is 1.17 bits per heavy atom. The SMILES string of the molecule is CCOc1ccccc1CCC(=O)NCCN(C(C)C)C(C)C. The molecule has 0 fully saturated rings. The second kappa shape index (κ2) is 10.3. The largest absolute Gasteiger partial charge is 0.494 e. The van der Waals surface area contributed by atoms with Crippen LogP contribution in [0.4, 0.5) is 0 Å². The van der Waals surface area contributed by atoms with Crippen molar-refractivity contribution in [3.05, 3.63) is 29.8 Å². The number of benzene rings is 1. The molecule has 0 unspecified atom stereocenters. The monoisotopic (exact) mass is 320 g/mol. The van der Waals surface area contributed by atoms with Crippen LogP contribution in [-0.2, 0) is 11.2 Å². The van der Waals surface area contributed by atoms with Crippen molar-refractivity contribution in [1.82, 2.24) is 10.2 Å². The lowest BCUT2D eigenvalue weighted by Crippen LogP contribution is -2.42. The third-order valence-corrected chi connectivity index (χ3v) is 3.91. The van der Waals surface area contributed by atoms with Crippen LogP contribution >= 0.6 is 0 Å². The molecule has 0 radical (unpaired) electrons. The highest BCUT2D eigenvalue weighted by molar-refractivity contribution is 5.76. The number of rotatable bonds is 10. The van der Waals surface area contributed by atoms with Gasteiger partial charge >= 0.3 is 0 Å². The molecule has 4 nitrogen and oxygen atoms in total. The van der Waals surface area contributed by atoms with Gasteiger partial charge in [0.25, 0.3) is 0 Å². The van der Waals surface area contributed by atoms with Gasteiger partial charge in [-0.2, -0.15) is 0 Å². The van der Waals surface area contributed by atoms with E-state index in [-0.39, 0.29) is 5.91 Å². The van der Waals surface area contributed by atoms with E-state index >= 15 is 0 Å². The van der Waals surface area contributed by atoms with E-state index < -0.39 is 0 Å². The summed E-state index contributed by atoms with van der Waals surface area (Å²) in [6.07, 6.45) is 1.20. The van der Waals surface area contributed by atoms with Crippen LogP contribution in [0.1, 0.15) is 46.6 Å². The van der Waals surface area contributed by atoms with E-state index in [1.165, 1.54) is 0 Å². The van der Waals surface area contributed by atoms with Crippen molar-refractivity contribution in [2.45, 2.75) is 59.5 Å². The van der Waals surface area contributed by atoms with Gasteiger partial charge in [-0.1, -0.05) is 18.2 Å². The molecule has 1 aromatic rings. The molecular weight excluding hydrogens is 288 g/mol. The van der Waals surface area contributed by atoms with E-state index in [1.54, 1.807) is 0 Å². The molecule has 0 aliphatic carbocycles. The van der Waals surface area contributed by atoms with Gasteiger partial charge < -0.3 is 10.1 Å². The lowest BCUT2D eigenvalue weighted by molar-refractivity contribution is -0.121. The number of hydrogen-bond donors (Lipinski definition) is 1. The van der Waals surface area contributed by atoms with E-state index in [1.807, 2.05) is 31.2 Å². The molecule has 0 aromatic heterocycles. The molecule has 0 spiro atoms. The molecule has 0 bridgehead atoms. The number of para-hydroxylation sites is 1. The molecule has 0 saturated carbocycles. The lowest BCUT2D eigenvalue weighted by Gasteiger charge is -2.30. The summed E-state index contributed by atoms with van der Waals surface area (Å²) in [6, 6.07) is 8.91. The van der Waals surface area contributed by atoms with Crippen LogP contribution in [0, 0.1) is 0 Å². The Bertz CT molecular complexity index is 464. The Labute approximate surface area is 141 Å². The molecule has 0 aliphatic rings. The topological polar surface area (TPSA) is 41.6 Å². The summed E-state index contributed by atoms with van der Waals surface area (Å²) in [6.45, 7) is 12.9. The van der Waals surface area contributed by atoms with E-state index in [0.29, 0.717) is 38.1 Å². The van der Waals surface area contributed by atoms with Gasteiger partial charge in [0.15, 0.2) is 0 Å². The first-order valence-corrected chi connectivity index (χ1v) is 8.68. The highest BCUT2D eigenvalue weighted by Crippen LogP contribution is 2.19. The second-order valence-corrected chi connectivity index (χ2v) is 6.32. The van der Waals surface area contributed by atoms with Gasteiger partial charge in [0.05, 0.1) is 6.61 Å². The van der Waals surface area contributed by atoms with Crippen LogP contribution in [0.2, 0.25) is 0 Å². The first kappa shape index (κ1) is 19.5. The van der Waals surface area contributed by atoms with Gasteiger partial charge in [-0.25, -0.2) is 0 Å².